The molecule has 0 aliphatic rings. The molecule has 2 aromatic rings. The highest BCUT2D eigenvalue weighted by Crippen LogP contribution is 2.16. The molecule has 114 valence electrons. The van der Waals surface area contributed by atoms with Crippen molar-refractivity contribution in [3.05, 3.63) is 58.3 Å². The molecular formula is C18H25NOS. The van der Waals surface area contributed by atoms with Crippen molar-refractivity contribution in [2.75, 3.05) is 26.8 Å². The Labute approximate surface area is 132 Å². The Morgan fingerprint density at radius 1 is 1.14 bits per heavy atom. The Balaban J connectivity index is 1.83. The lowest BCUT2D eigenvalue weighted by Gasteiger charge is -2.17. The summed E-state index contributed by atoms with van der Waals surface area (Å²) in [5, 5.41) is 7.94. The summed E-state index contributed by atoms with van der Waals surface area (Å²) in [5.74, 6) is 0.671. The fourth-order valence-corrected chi connectivity index (χ4v) is 3.21. The van der Waals surface area contributed by atoms with Crippen LogP contribution in [0.25, 0.3) is 0 Å². The van der Waals surface area contributed by atoms with E-state index in [1.807, 2.05) is 0 Å². The van der Waals surface area contributed by atoms with Crippen LogP contribution >= 0.6 is 11.3 Å². The van der Waals surface area contributed by atoms with Gasteiger partial charge in [0.05, 0.1) is 6.61 Å². The maximum Gasteiger partial charge on any atom is 0.0587 e. The van der Waals surface area contributed by atoms with E-state index in [9.17, 15) is 0 Å². The number of thiophene rings is 1. The van der Waals surface area contributed by atoms with Crippen LogP contribution in [0.3, 0.4) is 0 Å². The monoisotopic (exact) mass is 303 g/mol. The van der Waals surface area contributed by atoms with E-state index in [1.54, 1.807) is 18.4 Å². The first-order valence-electron chi connectivity index (χ1n) is 7.63. The second-order valence-electron chi connectivity index (χ2n) is 5.42. The number of hydrogen-bond donors (Lipinski definition) is 1. The van der Waals surface area contributed by atoms with Gasteiger partial charge in [0.15, 0.2) is 0 Å². The minimum atomic E-state index is 0.671. The minimum Gasteiger partial charge on any atom is -0.383 e. The molecule has 0 saturated heterocycles. The highest BCUT2D eigenvalue weighted by molar-refractivity contribution is 7.07. The number of benzene rings is 1. The van der Waals surface area contributed by atoms with Crippen molar-refractivity contribution in [2.24, 2.45) is 5.92 Å². The zero-order chi connectivity index (χ0) is 14.8. The van der Waals surface area contributed by atoms with Gasteiger partial charge in [-0.25, -0.2) is 0 Å². The molecule has 0 radical (unpaired) electrons. The summed E-state index contributed by atoms with van der Waals surface area (Å²) in [6, 6.07) is 13.0. The summed E-state index contributed by atoms with van der Waals surface area (Å²) < 4.78 is 5.10. The first kappa shape index (κ1) is 16.2. The number of aryl methyl sites for hydroxylation is 1. The van der Waals surface area contributed by atoms with Crippen molar-refractivity contribution in [1.29, 1.82) is 0 Å². The van der Waals surface area contributed by atoms with E-state index in [0.717, 1.165) is 26.1 Å². The van der Waals surface area contributed by atoms with E-state index in [4.69, 9.17) is 4.74 Å². The van der Waals surface area contributed by atoms with E-state index < -0.39 is 0 Å². The van der Waals surface area contributed by atoms with Gasteiger partial charge in [0, 0.05) is 13.7 Å². The molecule has 0 bridgehead atoms. The third-order valence-electron chi connectivity index (χ3n) is 3.70. The number of ether oxygens (including phenoxy) is 1. The predicted molar refractivity (Wildman–Crippen MR) is 91.0 cm³/mol. The summed E-state index contributed by atoms with van der Waals surface area (Å²) in [6.45, 7) is 2.77. The second kappa shape index (κ2) is 9.72. The number of rotatable bonds is 10. The van der Waals surface area contributed by atoms with Crippen LogP contribution in [-0.4, -0.2) is 26.8 Å². The molecular weight excluding hydrogens is 278 g/mol. The molecule has 1 unspecified atom stereocenters. The van der Waals surface area contributed by atoms with Crippen LogP contribution in [0, 0.1) is 5.92 Å². The molecule has 1 heterocycles. The fourth-order valence-electron chi connectivity index (χ4n) is 2.51. The van der Waals surface area contributed by atoms with E-state index in [0.29, 0.717) is 5.92 Å². The average Bonchev–Trinajstić information content (AvgIpc) is 3.03. The van der Waals surface area contributed by atoms with Crippen LogP contribution in [0.5, 0.6) is 0 Å². The summed E-state index contributed by atoms with van der Waals surface area (Å²) in [6.07, 6.45) is 3.55. The topological polar surface area (TPSA) is 21.3 Å². The average molecular weight is 303 g/mol. The fraction of sp³-hybridized carbons (Fsp3) is 0.444. The molecule has 21 heavy (non-hydrogen) atoms. The maximum atomic E-state index is 5.10. The van der Waals surface area contributed by atoms with Gasteiger partial charge >= 0.3 is 0 Å². The summed E-state index contributed by atoms with van der Waals surface area (Å²) >= 11 is 1.79. The quantitative estimate of drug-likeness (QED) is 0.675. The molecule has 0 fully saturated rings. The molecule has 0 spiro atoms. The van der Waals surface area contributed by atoms with E-state index in [2.05, 4.69) is 52.5 Å². The summed E-state index contributed by atoms with van der Waals surface area (Å²) in [5.41, 5.74) is 2.90. The lowest BCUT2D eigenvalue weighted by molar-refractivity contribution is 0.197. The first-order valence-corrected chi connectivity index (χ1v) is 8.57. The van der Waals surface area contributed by atoms with Crippen LogP contribution in [-0.2, 0) is 17.6 Å². The maximum absolute atomic E-state index is 5.10. The normalized spacial score (nSPS) is 12.4. The van der Waals surface area contributed by atoms with Crippen molar-refractivity contribution in [2.45, 2.75) is 19.3 Å². The largest absolute Gasteiger partial charge is 0.383 e. The van der Waals surface area contributed by atoms with Gasteiger partial charge in [-0.2, -0.15) is 11.3 Å². The van der Waals surface area contributed by atoms with Crippen LogP contribution in [0.2, 0.25) is 0 Å². The molecule has 2 rings (SSSR count). The van der Waals surface area contributed by atoms with Crippen molar-refractivity contribution < 1.29 is 4.74 Å². The first-order chi connectivity index (χ1) is 10.4. The SMILES string of the molecule is COCCNCC(CCc1ccsc1)Cc1ccccc1. The molecule has 0 saturated carbocycles. The Morgan fingerprint density at radius 2 is 2.00 bits per heavy atom. The Kier molecular flexibility index (Phi) is 7.50. The lowest BCUT2D eigenvalue weighted by atomic mass is 9.93. The van der Waals surface area contributed by atoms with Gasteiger partial charge < -0.3 is 10.1 Å². The highest BCUT2D eigenvalue weighted by Gasteiger charge is 2.10. The van der Waals surface area contributed by atoms with Crippen molar-refractivity contribution in [3.63, 3.8) is 0 Å². The van der Waals surface area contributed by atoms with Gasteiger partial charge in [-0.3, -0.25) is 0 Å². The molecule has 1 atom stereocenters. The third kappa shape index (κ3) is 6.42. The van der Waals surface area contributed by atoms with Gasteiger partial charge in [0.1, 0.15) is 0 Å². The zero-order valence-corrected chi connectivity index (χ0v) is 13.6. The summed E-state index contributed by atoms with van der Waals surface area (Å²) in [4.78, 5) is 0. The Morgan fingerprint density at radius 3 is 2.71 bits per heavy atom. The number of methoxy groups -OCH3 is 1. The van der Waals surface area contributed by atoms with Gasteiger partial charge in [-0.15, -0.1) is 0 Å². The molecule has 1 aromatic heterocycles. The van der Waals surface area contributed by atoms with Gasteiger partial charge in [0.25, 0.3) is 0 Å². The molecule has 3 heteroatoms. The van der Waals surface area contributed by atoms with Gasteiger partial charge in [-0.05, 0) is 59.7 Å². The molecule has 1 aromatic carbocycles. The standard InChI is InChI=1S/C18H25NOS/c1-20-11-10-19-14-18(8-7-17-9-12-21-15-17)13-16-5-3-2-4-6-16/h2-6,9,12,15,18-19H,7-8,10-11,13-14H2,1H3. The lowest BCUT2D eigenvalue weighted by Crippen LogP contribution is -2.27. The minimum absolute atomic E-state index is 0.671. The van der Waals surface area contributed by atoms with Crippen molar-refractivity contribution in [1.82, 2.24) is 5.32 Å². The molecule has 0 aliphatic carbocycles. The number of hydrogen-bond acceptors (Lipinski definition) is 3. The van der Waals surface area contributed by atoms with Crippen molar-refractivity contribution in [3.8, 4) is 0 Å². The highest BCUT2D eigenvalue weighted by atomic mass is 32.1. The number of nitrogens with one attached hydrogen (secondary N) is 1. The van der Waals surface area contributed by atoms with Crippen molar-refractivity contribution >= 4 is 11.3 Å². The Hall–Kier alpha value is -1.16. The second-order valence-corrected chi connectivity index (χ2v) is 6.20. The van der Waals surface area contributed by atoms with E-state index in [-0.39, 0.29) is 0 Å². The molecule has 2 nitrogen and oxygen atoms in total. The van der Waals surface area contributed by atoms with Gasteiger partial charge in [-0.1, -0.05) is 30.3 Å². The van der Waals surface area contributed by atoms with Gasteiger partial charge in [0.2, 0.25) is 0 Å². The zero-order valence-electron chi connectivity index (χ0n) is 12.8. The molecule has 0 aliphatic heterocycles. The summed E-state index contributed by atoms with van der Waals surface area (Å²) in [7, 11) is 1.75. The van der Waals surface area contributed by atoms with Crippen LogP contribution in [0.4, 0.5) is 0 Å². The van der Waals surface area contributed by atoms with E-state index >= 15 is 0 Å². The Bertz CT molecular complexity index is 469. The van der Waals surface area contributed by atoms with Crippen LogP contribution < -0.4 is 5.32 Å². The third-order valence-corrected chi connectivity index (χ3v) is 4.44. The van der Waals surface area contributed by atoms with Crippen LogP contribution in [0.1, 0.15) is 17.5 Å². The molecule has 0 amide bonds. The molecule has 1 N–H and O–H groups in total. The smallest absolute Gasteiger partial charge is 0.0587 e. The van der Waals surface area contributed by atoms with E-state index in [1.165, 1.54) is 24.0 Å². The predicted octanol–water partition coefficient (Wildman–Crippen LogP) is 3.78. The van der Waals surface area contributed by atoms with Crippen LogP contribution in [0.15, 0.2) is 47.2 Å².